The summed E-state index contributed by atoms with van der Waals surface area (Å²) < 4.78 is 0. The summed E-state index contributed by atoms with van der Waals surface area (Å²) in [6.45, 7) is -0.176. The van der Waals surface area contributed by atoms with Crippen molar-refractivity contribution in [1.82, 2.24) is 20.2 Å². The maximum atomic E-state index is 11.7. The van der Waals surface area contributed by atoms with Gasteiger partial charge in [-0.1, -0.05) is 35.1 Å². The van der Waals surface area contributed by atoms with Gasteiger partial charge in [0, 0.05) is 10.8 Å². The highest BCUT2D eigenvalue weighted by molar-refractivity contribution is 5.95. The van der Waals surface area contributed by atoms with Gasteiger partial charge < -0.3 is 10.1 Å². The highest BCUT2D eigenvalue weighted by Gasteiger charge is 2.17. The Kier molecular flexibility index (Phi) is 2.86. The fourth-order valence-corrected chi connectivity index (χ4v) is 1.22. The minimum Gasteiger partial charge on any atom is -0.390 e. The number of benzene rings is 1. The van der Waals surface area contributed by atoms with Crippen molar-refractivity contribution in [2.24, 2.45) is 0 Å². The number of nitrogens with zero attached hydrogens (tertiary/aromatic N) is 5. The zero-order valence-electron chi connectivity index (χ0n) is 8.55. The van der Waals surface area contributed by atoms with Gasteiger partial charge in [0.25, 0.3) is 0 Å². The third kappa shape index (κ3) is 2.48. The van der Waals surface area contributed by atoms with Crippen molar-refractivity contribution in [3.05, 3.63) is 46.0 Å². The second-order valence-electron chi connectivity index (χ2n) is 3.17. The molecule has 1 aromatic heterocycles. The maximum absolute atomic E-state index is 11.7. The second-order valence-corrected chi connectivity index (χ2v) is 3.17. The lowest BCUT2D eigenvalue weighted by molar-refractivity contribution is -0.394. The van der Waals surface area contributed by atoms with Crippen LogP contribution in [0, 0.1) is 10.1 Å². The summed E-state index contributed by atoms with van der Waals surface area (Å²) >= 11 is 0. The molecule has 0 atom stereocenters. The zero-order valence-corrected chi connectivity index (χ0v) is 8.55. The minimum atomic E-state index is -0.767. The van der Waals surface area contributed by atoms with E-state index in [-0.39, 0.29) is 12.3 Å². The van der Waals surface area contributed by atoms with Crippen molar-refractivity contribution in [1.29, 1.82) is 0 Å². The topological polar surface area (TPSA) is 104 Å². The Morgan fingerprint density at radius 3 is 2.65 bits per heavy atom. The molecule has 0 aliphatic rings. The third-order valence-electron chi connectivity index (χ3n) is 1.99. The lowest BCUT2D eigenvalue weighted by Crippen LogP contribution is -2.13. The Morgan fingerprint density at radius 1 is 1.35 bits per heavy atom. The van der Waals surface area contributed by atoms with Crippen LogP contribution in [-0.2, 0) is 6.54 Å². The van der Waals surface area contributed by atoms with Gasteiger partial charge in [0.2, 0.25) is 0 Å². The second kappa shape index (κ2) is 4.47. The van der Waals surface area contributed by atoms with Gasteiger partial charge in [-0.25, -0.2) is 0 Å². The van der Waals surface area contributed by atoms with E-state index in [4.69, 9.17) is 0 Å². The van der Waals surface area contributed by atoms with E-state index in [9.17, 15) is 14.9 Å². The molecule has 0 spiro atoms. The third-order valence-corrected chi connectivity index (χ3v) is 1.99. The predicted octanol–water partition coefficient (Wildman–Crippen LogP) is 0.464. The van der Waals surface area contributed by atoms with E-state index >= 15 is 0 Å². The number of hydrogen-bond donors (Lipinski definition) is 0. The molecule has 8 nitrogen and oxygen atoms in total. The molecule has 0 aliphatic heterocycles. The molecule has 0 unspecified atom stereocenters. The van der Waals surface area contributed by atoms with Crippen LogP contribution in [-0.4, -0.2) is 30.9 Å². The van der Waals surface area contributed by atoms with Gasteiger partial charge in [0.1, 0.15) is 6.54 Å². The summed E-state index contributed by atoms with van der Waals surface area (Å²) in [4.78, 5) is 22.1. The van der Waals surface area contributed by atoms with Crippen LogP contribution in [0.2, 0.25) is 0 Å². The average molecular weight is 233 g/mol. The number of Topliss-reactive ketones (excluding diaryl/α,β-unsaturated/α-hetero) is 1. The highest BCUT2D eigenvalue weighted by atomic mass is 16.6. The molecule has 0 amide bonds. The molecule has 2 aromatic rings. The van der Waals surface area contributed by atoms with Gasteiger partial charge in [-0.2, -0.15) is 0 Å². The first-order valence-electron chi connectivity index (χ1n) is 4.67. The normalized spacial score (nSPS) is 10.1. The SMILES string of the molecule is O=C(Cn1nnc([N+](=O)[O-])n1)c1ccccc1. The Balaban J connectivity index is 2.11. The molecule has 0 fully saturated rings. The molecule has 2 rings (SSSR count). The number of hydrogen-bond acceptors (Lipinski definition) is 6. The van der Waals surface area contributed by atoms with Crippen molar-refractivity contribution in [3.63, 3.8) is 0 Å². The number of carbonyl (C=O) groups excluding carboxylic acids is 1. The van der Waals surface area contributed by atoms with Crippen LogP contribution in [0.3, 0.4) is 0 Å². The first-order valence-corrected chi connectivity index (χ1v) is 4.67. The van der Waals surface area contributed by atoms with E-state index in [2.05, 4.69) is 15.4 Å². The maximum Gasteiger partial charge on any atom is 0.514 e. The van der Waals surface area contributed by atoms with Gasteiger partial charge in [0.15, 0.2) is 5.78 Å². The van der Waals surface area contributed by atoms with Crippen LogP contribution < -0.4 is 0 Å². The van der Waals surface area contributed by atoms with Crippen LogP contribution in [0.15, 0.2) is 30.3 Å². The van der Waals surface area contributed by atoms with E-state index in [0.29, 0.717) is 5.56 Å². The monoisotopic (exact) mass is 233 g/mol. The van der Waals surface area contributed by atoms with Crippen LogP contribution >= 0.6 is 0 Å². The smallest absolute Gasteiger partial charge is 0.390 e. The average Bonchev–Trinajstić information content (AvgIpc) is 2.79. The van der Waals surface area contributed by atoms with Crippen LogP contribution in [0.1, 0.15) is 10.4 Å². The van der Waals surface area contributed by atoms with Crippen molar-refractivity contribution in [2.45, 2.75) is 6.54 Å². The number of carbonyl (C=O) groups is 1. The van der Waals surface area contributed by atoms with Crippen LogP contribution in [0.5, 0.6) is 0 Å². The molecule has 86 valence electrons. The number of aromatic nitrogens is 4. The van der Waals surface area contributed by atoms with Crippen molar-refractivity contribution in [2.75, 3.05) is 0 Å². The highest BCUT2D eigenvalue weighted by Crippen LogP contribution is 2.02. The number of nitro groups is 1. The molecular weight excluding hydrogens is 226 g/mol. The Morgan fingerprint density at radius 2 is 2.06 bits per heavy atom. The quantitative estimate of drug-likeness (QED) is 0.431. The fourth-order valence-electron chi connectivity index (χ4n) is 1.22. The summed E-state index contributed by atoms with van der Waals surface area (Å²) in [5, 5.41) is 20.4. The zero-order chi connectivity index (χ0) is 12.3. The summed E-state index contributed by atoms with van der Waals surface area (Å²) in [6.07, 6.45) is 0. The van der Waals surface area contributed by atoms with Gasteiger partial charge in [-0.3, -0.25) is 4.79 Å². The van der Waals surface area contributed by atoms with E-state index in [1.165, 1.54) is 0 Å². The van der Waals surface area contributed by atoms with Crippen molar-refractivity contribution < 1.29 is 9.72 Å². The van der Waals surface area contributed by atoms with Crippen molar-refractivity contribution in [3.8, 4) is 0 Å². The van der Waals surface area contributed by atoms with E-state index in [1.807, 2.05) is 0 Å². The molecule has 1 heterocycles. The number of tetrazole rings is 1. The van der Waals surface area contributed by atoms with Crippen LogP contribution in [0.25, 0.3) is 0 Å². The molecular formula is C9H7N5O3. The lowest BCUT2D eigenvalue weighted by atomic mass is 10.1. The molecule has 0 N–H and O–H groups in total. The Hall–Kier alpha value is -2.64. The van der Waals surface area contributed by atoms with Gasteiger partial charge in [0.05, 0.1) is 10.2 Å². The first-order chi connectivity index (χ1) is 8.16. The molecule has 17 heavy (non-hydrogen) atoms. The molecule has 0 aliphatic carbocycles. The first kappa shape index (κ1) is 10.9. The van der Waals surface area contributed by atoms with E-state index in [0.717, 1.165) is 4.80 Å². The molecule has 1 aromatic carbocycles. The molecule has 0 bridgehead atoms. The lowest BCUT2D eigenvalue weighted by Gasteiger charge is -1.96. The van der Waals surface area contributed by atoms with Gasteiger partial charge >= 0.3 is 5.95 Å². The van der Waals surface area contributed by atoms with E-state index in [1.54, 1.807) is 30.3 Å². The Bertz CT molecular complexity index is 551. The standard InChI is InChI=1S/C9H7N5O3/c15-8(7-4-2-1-3-5-7)6-13-11-9(10-12-13)14(16)17/h1-5H,6H2. The van der Waals surface area contributed by atoms with Gasteiger partial charge in [-0.05, 0) is 4.92 Å². The Labute approximate surface area is 95.0 Å². The molecule has 0 saturated carbocycles. The molecule has 0 saturated heterocycles. The summed E-state index contributed by atoms with van der Waals surface area (Å²) in [5.41, 5.74) is 0.493. The summed E-state index contributed by atoms with van der Waals surface area (Å²) in [5.74, 6) is -0.858. The predicted molar refractivity (Wildman–Crippen MR) is 55.2 cm³/mol. The van der Waals surface area contributed by atoms with E-state index < -0.39 is 10.9 Å². The van der Waals surface area contributed by atoms with Crippen molar-refractivity contribution >= 4 is 11.7 Å². The van der Waals surface area contributed by atoms with Gasteiger partial charge in [-0.15, -0.1) is 0 Å². The number of ketones is 1. The summed E-state index contributed by atoms with van der Waals surface area (Å²) in [6, 6.07) is 8.53. The summed E-state index contributed by atoms with van der Waals surface area (Å²) in [7, 11) is 0. The molecule has 8 heteroatoms. The minimum absolute atomic E-state index is 0.176. The largest absolute Gasteiger partial charge is 0.514 e. The van der Waals surface area contributed by atoms with Crippen LogP contribution in [0.4, 0.5) is 5.95 Å². The fraction of sp³-hybridized carbons (Fsp3) is 0.111. The molecule has 0 radical (unpaired) electrons. The number of rotatable bonds is 4.